The van der Waals surface area contributed by atoms with Gasteiger partial charge in [-0.05, 0) is 25.0 Å². The van der Waals surface area contributed by atoms with Gasteiger partial charge >= 0.3 is 0 Å². The molecule has 1 fully saturated rings. The second-order valence-electron chi connectivity index (χ2n) is 5.02. The number of hydrogen-bond donors (Lipinski definition) is 2. The number of ether oxygens (including phenoxy) is 1. The smallest absolute Gasteiger partial charge is 0.255 e. The fourth-order valence-corrected chi connectivity index (χ4v) is 2.51. The Hall–Kier alpha value is -2.15. The van der Waals surface area contributed by atoms with Crippen molar-refractivity contribution in [3.63, 3.8) is 0 Å². The number of aromatic nitrogens is 4. The normalized spacial score (nSPS) is 15.5. The van der Waals surface area contributed by atoms with Crippen LogP contribution in [-0.4, -0.2) is 40.2 Å². The summed E-state index contributed by atoms with van der Waals surface area (Å²) in [6, 6.07) is 5.07. The Morgan fingerprint density at radius 1 is 1.52 bits per heavy atom. The molecule has 0 bridgehead atoms. The van der Waals surface area contributed by atoms with Crippen molar-refractivity contribution >= 4 is 17.5 Å². The number of H-pyrrole nitrogens is 1. The minimum absolute atomic E-state index is 0.200. The third-order valence-electron chi connectivity index (χ3n) is 3.68. The minimum Gasteiger partial charge on any atom is -0.494 e. The van der Waals surface area contributed by atoms with Crippen LogP contribution in [0, 0.1) is 0 Å². The predicted molar refractivity (Wildman–Crippen MR) is 75.4 cm³/mol. The van der Waals surface area contributed by atoms with Crippen LogP contribution in [0.1, 0.15) is 29.0 Å². The lowest BCUT2D eigenvalue weighted by Crippen LogP contribution is -2.33. The zero-order valence-corrected chi connectivity index (χ0v) is 12.1. The molecule has 1 aliphatic rings. The van der Waals surface area contributed by atoms with Gasteiger partial charge in [0.15, 0.2) is 5.82 Å². The van der Waals surface area contributed by atoms with Crippen molar-refractivity contribution in [1.29, 1.82) is 0 Å². The number of benzene rings is 1. The van der Waals surface area contributed by atoms with Gasteiger partial charge in [-0.3, -0.25) is 4.79 Å². The summed E-state index contributed by atoms with van der Waals surface area (Å²) >= 11 is 6.02. The van der Waals surface area contributed by atoms with E-state index in [1.54, 1.807) is 18.2 Å². The average Bonchev–Trinajstić information content (AvgIpc) is 3.07. The van der Waals surface area contributed by atoms with E-state index in [9.17, 15) is 4.79 Å². The molecule has 0 saturated heterocycles. The average molecular weight is 308 g/mol. The molecule has 1 aromatic carbocycles. The number of hydrogen-bond acceptors (Lipinski definition) is 5. The van der Waals surface area contributed by atoms with Gasteiger partial charge in [-0.1, -0.05) is 22.9 Å². The highest BCUT2D eigenvalue weighted by Gasteiger charge is 2.48. The highest BCUT2D eigenvalue weighted by Crippen LogP contribution is 2.45. The first-order valence-electron chi connectivity index (χ1n) is 6.51. The summed E-state index contributed by atoms with van der Waals surface area (Å²) < 4.78 is 5.18. The van der Waals surface area contributed by atoms with Gasteiger partial charge < -0.3 is 10.1 Å². The van der Waals surface area contributed by atoms with Crippen molar-refractivity contribution in [3.05, 3.63) is 34.6 Å². The zero-order valence-electron chi connectivity index (χ0n) is 11.4. The first-order valence-corrected chi connectivity index (χ1v) is 6.89. The number of carbonyl (C=O) groups excluding carboxylic acids is 1. The van der Waals surface area contributed by atoms with E-state index < -0.39 is 0 Å². The van der Waals surface area contributed by atoms with Crippen molar-refractivity contribution in [2.24, 2.45) is 0 Å². The lowest BCUT2D eigenvalue weighted by Gasteiger charge is -2.14. The molecule has 1 amide bonds. The molecule has 1 saturated carbocycles. The Bertz CT molecular complexity index is 655. The van der Waals surface area contributed by atoms with Gasteiger partial charge in [-0.25, -0.2) is 0 Å². The number of methoxy groups -OCH3 is 1. The van der Waals surface area contributed by atoms with Crippen LogP contribution in [0.3, 0.4) is 0 Å². The van der Waals surface area contributed by atoms with Crippen LogP contribution in [-0.2, 0) is 5.41 Å². The van der Waals surface area contributed by atoms with Crippen LogP contribution in [0.15, 0.2) is 18.2 Å². The van der Waals surface area contributed by atoms with Gasteiger partial charge in [0.25, 0.3) is 5.91 Å². The maximum Gasteiger partial charge on any atom is 0.255 e. The summed E-state index contributed by atoms with van der Waals surface area (Å²) in [5.41, 5.74) is 0.211. The molecule has 110 valence electrons. The van der Waals surface area contributed by atoms with Gasteiger partial charge in [0.1, 0.15) is 5.75 Å². The summed E-state index contributed by atoms with van der Waals surface area (Å²) in [5, 5.41) is 17.3. The first-order chi connectivity index (χ1) is 10.2. The monoisotopic (exact) mass is 307 g/mol. The lowest BCUT2D eigenvalue weighted by molar-refractivity contribution is 0.0946. The number of nitrogens with zero attached hydrogens (tertiary/aromatic N) is 3. The number of halogens is 1. The van der Waals surface area contributed by atoms with Crippen LogP contribution >= 0.6 is 11.6 Å². The standard InChI is InChI=1S/C13H14ClN5O2/c1-21-10-8(3-2-4-9(10)14)11(20)15-7-13(5-6-13)12-16-18-19-17-12/h2-4H,5-7H2,1H3,(H,15,20)(H,16,17,18,19). The molecule has 8 heteroatoms. The number of tetrazole rings is 1. The molecule has 7 nitrogen and oxygen atoms in total. The number of para-hydroxylation sites is 1. The van der Waals surface area contributed by atoms with Crippen LogP contribution < -0.4 is 10.1 Å². The summed E-state index contributed by atoms with van der Waals surface area (Å²) in [7, 11) is 1.49. The van der Waals surface area contributed by atoms with Gasteiger partial charge in [0.2, 0.25) is 0 Å². The molecule has 0 atom stereocenters. The van der Waals surface area contributed by atoms with E-state index in [-0.39, 0.29) is 11.3 Å². The number of carbonyl (C=O) groups is 1. The zero-order chi connectivity index (χ0) is 14.9. The Morgan fingerprint density at radius 2 is 2.33 bits per heavy atom. The third-order valence-corrected chi connectivity index (χ3v) is 3.97. The third kappa shape index (κ3) is 2.56. The molecular weight excluding hydrogens is 294 g/mol. The van der Waals surface area contributed by atoms with Crippen molar-refractivity contribution < 1.29 is 9.53 Å². The van der Waals surface area contributed by atoms with Gasteiger partial charge in [0, 0.05) is 6.54 Å². The van der Waals surface area contributed by atoms with Crippen molar-refractivity contribution in [1.82, 2.24) is 25.9 Å². The Balaban J connectivity index is 1.72. The molecule has 0 spiro atoms. The van der Waals surface area contributed by atoms with Crippen LogP contribution in [0.5, 0.6) is 5.75 Å². The van der Waals surface area contributed by atoms with Gasteiger partial charge in [-0.2, -0.15) is 5.21 Å². The summed E-state index contributed by atoms with van der Waals surface area (Å²) in [4.78, 5) is 12.3. The Kier molecular flexibility index (Phi) is 3.50. The maximum absolute atomic E-state index is 12.3. The second kappa shape index (κ2) is 5.33. The van der Waals surface area contributed by atoms with Crippen LogP contribution in [0.4, 0.5) is 0 Å². The van der Waals surface area contributed by atoms with Crippen LogP contribution in [0.2, 0.25) is 5.02 Å². The lowest BCUT2D eigenvalue weighted by atomic mass is 10.1. The predicted octanol–water partition coefficient (Wildman–Crippen LogP) is 1.32. The molecule has 2 N–H and O–H groups in total. The molecule has 1 aromatic heterocycles. The maximum atomic E-state index is 12.3. The highest BCUT2D eigenvalue weighted by molar-refractivity contribution is 6.32. The Morgan fingerprint density at radius 3 is 2.95 bits per heavy atom. The Labute approximate surface area is 126 Å². The molecule has 0 aliphatic heterocycles. The molecule has 0 unspecified atom stereocenters. The van der Waals surface area contributed by atoms with E-state index in [4.69, 9.17) is 16.3 Å². The summed E-state index contributed by atoms with van der Waals surface area (Å²) in [5.74, 6) is 0.783. The van der Waals surface area contributed by atoms with E-state index >= 15 is 0 Å². The first kappa shape index (κ1) is 13.8. The van der Waals surface area contributed by atoms with Crippen molar-refractivity contribution in [3.8, 4) is 5.75 Å². The summed E-state index contributed by atoms with van der Waals surface area (Å²) in [6.45, 7) is 0.459. The molecule has 21 heavy (non-hydrogen) atoms. The number of nitrogens with one attached hydrogen (secondary N) is 2. The quantitative estimate of drug-likeness (QED) is 0.869. The molecule has 1 heterocycles. The molecule has 0 radical (unpaired) electrons. The molecule has 2 aromatic rings. The summed E-state index contributed by atoms with van der Waals surface area (Å²) in [6.07, 6.45) is 1.86. The van der Waals surface area contributed by atoms with E-state index in [1.165, 1.54) is 7.11 Å². The van der Waals surface area contributed by atoms with E-state index in [0.29, 0.717) is 28.7 Å². The molecule has 1 aliphatic carbocycles. The number of aromatic amines is 1. The largest absolute Gasteiger partial charge is 0.494 e. The van der Waals surface area contributed by atoms with E-state index in [1.807, 2.05) is 0 Å². The van der Waals surface area contributed by atoms with Gasteiger partial charge in [-0.15, -0.1) is 10.2 Å². The van der Waals surface area contributed by atoms with E-state index in [0.717, 1.165) is 12.8 Å². The highest BCUT2D eigenvalue weighted by atomic mass is 35.5. The topological polar surface area (TPSA) is 92.8 Å². The van der Waals surface area contributed by atoms with Crippen LogP contribution in [0.25, 0.3) is 0 Å². The minimum atomic E-state index is -0.232. The van der Waals surface area contributed by atoms with Crippen molar-refractivity contribution in [2.75, 3.05) is 13.7 Å². The SMILES string of the molecule is COc1c(Cl)cccc1C(=O)NCC1(c2nn[nH]n2)CC1. The number of rotatable bonds is 5. The van der Waals surface area contributed by atoms with Gasteiger partial charge in [0.05, 0.1) is 23.1 Å². The molecule has 3 rings (SSSR count). The fraction of sp³-hybridized carbons (Fsp3) is 0.385. The van der Waals surface area contributed by atoms with Crippen molar-refractivity contribution in [2.45, 2.75) is 18.3 Å². The van der Waals surface area contributed by atoms with E-state index in [2.05, 4.69) is 25.9 Å². The number of amides is 1. The molecular formula is C13H14ClN5O2. The second-order valence-corrected chi connectivity index (χ2v) is 5.43. The fourth-order valence-electron chi connectivity index (χ4n) is 2.26.